The van der Waals surface area contributed by atoms with Gasteiger partial charge in [0, 0.05) is 13.0 Å². The quantitative estimate of drug-likeness (QED) is 0.418. The molecule has 0 aromatic heterocycles. The van der Waals surface area contributed by atoms with Crippen LogP contribution in [0.4, 0.5) is 0 Å². The molecule has 0 heterocycles. The van der Waals surface area contributed by atoms with Crippen LogP contribution < -0.4 is 5.32 Å². The molecule has 5 heteroatoms. The van der Waals surface area contributed by atoms with Gasteiger partial charge in [-0.1, -0.05) is 6.92 Å². The van der Waals surface area contributed by atoms with Gasteiger partial charge in [0.05, 0.1) is 26.4 Å². The maximum Gasteiger partial charge on any atom is 0.305 e. The van der Waals surface area contributed by atoms with Crippen molar-refractivity contribution in [3.05, 3.63) is 0 Å². The molecule has 0 aliphatic carbocycles. The Hall–Kier alpha value is -0.650. The highest BCUT2D eigenvalue weighted by Crippen LogP contribution is 1.90. The number of carbonyl (C=O) groups is 1. The third kappa shape index (κ3) is 11.4. The van der Waals surface area contributed by atoms with Gasteiger partial charge in [0.15, 0.2) is 0 Å². The van der Waals surface area contributed by atoms with Crippen LogP contribution in [0.15, 0.2) is 0 Å². The van der Waals surface area contributed by atoms with Gasteiger partial charge >= 0.3 is 5.97 Å². The first-order valence-corrected chi connectivity index (χ1v) is 5.77. The van der Waals surface area contributed by atoms with Crippen molar-refractivity contribution in [2.45, 2.75) is 19.8 Å². The maximum atomic E-state index is 10.9. The van der Waals surface area contributed by atoms with E-state index in [1.54, 1.807) is 0 Å². The highest BCUT2D eigenvalue weighted by Gasteiger charge is 1.99. The smallest absolute Gasteiger partial charge is 0.305 e. The number of ether oxygens (including phenoxy) is 3. The molecule has 0 atom stereocenters. The summed E-state index contributed by atoms with van der Waals surface area (Å²) in [7, 11) is 1.88. The van der Waals surface area contributed by atoms with E-state index < -0.39 is 0 Å². The lowest BCUT2D eigenvalue weighted by molar-refractivity contribution is -0.145. The molecular formula is C11H23NO4. The summed E-state index contributed by atoms with van der Waals surface area (Å²) in [5, 5.41) is 2.98. The van der Waals surface area contributed by atoms with Gasteiger partial charge in [-0.2, -0.15) is 0 Å². The summed E-state index contributed by atoms with van der Waals surface area (Å²) in [6.07, 6.45) is 1.30. The Morgan fingerprint density at radius 1 is 1.06 bits per heavy atom. The largest absolute Gasteiger partial charge is 0.463 e. The molecule has 0 saturated carbocycles. The molecule has 0 amide bonds. The predicted molar refractivity (Wildman–Crippen MR) is 61.4 cm³/mol. The lowest BCUT2D eigenvalue weighted by Crippen LogP contribution is -2.17. The minimum atomic E-state index is -0.156. The van der Waals surface area contributed by atoms with Crippen LogP contribution in [0.1, 0.15) is 19.8 Å². The van der Waals surface area contributed by atoms with Crippen LogP contribution >= 0.6 is 0 Å². The van der Waals surface area contributed by atoms with Crippen LogP contribution in [0.25, 0.3) is 0 Å². The van der Waals surface area contributed by atoms with Gasteiger partial charge in [-0.25, -0.2) is 0 Å². The number of hydrogen-bond donors (Lipinski definition) is 1. The topological polar surface area (TPSA) is 56.8 Å². The van der Waals surface area contributed by atoms with E-state index in [-0.39, 0.29) is 5.97 Å². The molecule has 0 rings (SSSR count). The molecule has 0 saturated heterocycles. The van der Waals surface area contributed by atoms with Gasteiger partial charge in [-0.15, -0.1) is 0 Å². The normalized spacial score (nSPS) is 10.4. The summed E-state index contributed by atoms with van der Waals surface area (Å²) in [5.74, 6) is -0.156. The van der Waals surface area contributed by atoms with Crippen LogP contribution in [0.5, 0.6) is 0 Å². The molecule has 0 aromatic rings. The second-order valence-electron chi connectivity index (χ2n) is 3.30. The number of esters is 1. The molecular weight excluding hydrogens is 210 g/mol. The van der Waals surface area contributed by atoms with Crippen LogP contribution in [0, 0.1) is 0 Å². The Bertz CT molecular complexity index is 164. The van der Waals surface area contributed by atoms with E-state index in [0.29, 0.717) is 39.5 Å². The van der Waals surface area contributed by atoms with Gasteiger partial charge in [-0.05, 0) is 13.5 Å². The second kappa shape index (κ2) is 12.4. The highest BCUT2D eigenvalue weighted by atomic mass is 16.6. The van der Waals surface area contributed by atoms with E-state index in [0.717, 1.165) is 13.0 Å². The Morgan fingerprint density at radius 2 is 1.69 bits per heavy atom. The van der Waals surface area contributed by atoms with E-state index in [9.17, 15) is 4.79 Å². The zero-order valence-electron chi connectivity index (χ0n) is 10.3. The summed E-state index contributed by atoms with van der Waals surface area (Å²) < 4.78 is 15.4. The van der Waals surface area contributed by atoms with Crippen LogP contribution in [0.3, 0.4) is 0 Å². The Balaban J connectivity index is 3.01. The molecule has 5 nitrogen and oxygen atoms in total. The predicted octanol–water partition coefficient (Wildman–Crippen LogP) is 0.582. The van der Waals surface area contributed by atoms with Crippen LogP contribution in [-0.4, -0.2) is 52.6 Å². The van der Waals surface area contributed by atoms with Crippen molar-refractivity contribution in [3.8, 4) is 0 Å². The number of rotatable bonds is 11. The fourth-order valence-electron chi connectivity index (χ4n) is 0.987. The molecule has 16 heavy (non-hydrogen) atoms. The SMILES string of the molecule is CCCC(=O)OCCOCCOCCNC. The van der Waals surface area contributed by atoms with E-state index >= 15 is 0 Å². The fourth-order valence-corrected chi connectivity index (χ4v) is 0.987. The van der Waals surface area contributed by atoms with Gasteiger partial charge in [-0.3, -0.25) is 4.79 Å². The molecule has 0 radical (unpaired) electrons. The highest BCUT2D eigenvalue weighted by molar-refractivity contribution is 5.69. The molecule has 0 spiro atoms. The fraction of sp³-hybridized carbons (Fsp3) is 0.909. The summed E-state index contributed by atoms with van der Waals surface area (Å²) in [6.45, 7) is 5.35. The molecule has 0 unspecified atom stereocenters. The number of likely N-dealkylation sites (N-methyl/N-ethyl adjacent to an activating group) is 1. The van der Waals surface area contributed by atoms with Crippen molar-refractivity contribution >= 4 is 5.97 Å². The lowest BCUT2D eigenvalue weighted by Gasteiger charge is -2.06. The third-order valence-corrected chi connectivity index (χ3v) is 1.81. The zero-order chi connectivity index (χ0) is 12.1. The van der Waals surface area contributed by atoms with Crippen molar-refractivity contribution in [2.75, 3.05) is 46.6 Å². The third-order valence-electron chi connectivity index (χ3n) is 1.81. The summed E-state index contributed by atoms with van der Waals surface area (Å²) in [5.41, 5.74) is 0. The first-order chi connectivity index (χ1) is 7.81. The molecule has 96 valence electrons. The first-order valence-electron chi connectivity index (χ1n) is 5.77. The van der Waals surface area contributed by atoms with Crippen molar-refractivity contribution in [1.82, 2.24) is 5.32 Å². The van der Waals surface area contributed by atoms with E-state index in [4.69, 9.17) is 14.2 Å². The molecule has 0 aliphatic heterocycles. The van der Waals surface area contributed by atoms with Crippen LogP contribution in [-0.2, 0) is 19.0 Å². The van der Waals surface area contributed by atoms with E-state index in [1.807, 2.05) is 14.0 Å². The van der Waals surface area contributed by atoms with E-state index in [2.05, 4.69) is 5.32 Å². The lowest BCUT2D eigenvalue weighted by atomic mass is 10.3. The molecule has 0 aromatic carbocycles. The van der Waals surface area contributed by atoms with Crippen molar-refractivity contribution in [3.63, 3.8) is 0 Å². The zero-order valence-corrected chi connectivity index (χ0v) is 10.3. The molecule has 1 N–H and O–H groups in total. The average Bonchev–Trinajstić information content (AvgIpc) is 2.27. The average molecular weight is 233 g/mol. The number of nitrogens with one attached hydrogen (secondary N) is 1. The summed E-state index contributed by atoms with van der Waals surface area (Å²) in [4.78, 5) is 10.9. The molecule has 0 bridgehead atoms. The number of hydrogen-bond acceptors (Lipinski definition) is 5. The van der Waals surface area contributed by atoms with Gasteiger partial charge in [0.25, 0.3) is 0 Å². The van der Waals surface area contributed by atoms with Crippen molar-refractivity contribution in [2.24, 2.45) is 0 Å². The minimum Gasteiger partial charge on any atom is -0.463 e. The number of carbonyl (C=O) groups excluding carboxylic acids is 1. The second-order valence-corrected chi connectivity index (χ2v) is 3.30. The monoisotopic (exact) mass is 233 g/mol. The Kier molecular flexibility index (Phi) is 11.9. The first kappa shape index (κ1) is 15.3. The molecule has 0 aliphatic rings. The minimum absolute atomic E-state index is 0.156. The van der Waals surface area contributed by atoms with Gasteiger partial charge < -0.3 is 19.5 Å². The van der Waals surface area contributed by atoms with Crippen molar-refractivity contribution < 1.29 is 19.0 Å². The molecule has 0 fully saturated rings. The standard InChI is InChI=1S/C11H23NO4/c1-3-4-11(13)16-10-9-15-8-7-14-6-5-12-2/h12H,3-10H2,1-2H3. The Labute approximate surface area is 97.4 Å². The maximum absolute atomic E-state index is 10.9. The summed E-state index contributed by atoms with van der Waals surface area (Å²) >= 11 is 0. The van der Waals surface area contributed by atoms with Crippen LogP contribution in [0.2, 0.25) is 0 Å². The van der Waals surface area contributed by atoms with E-state index in [1.165, 1.54) is 0 Å². The summed E-state index contributed by atoms with van der Waals surface area (Å²) in [6, 6.07) is 0. The van der Waals surface area contributed by atoms with Gasteiger partial charge in [0.1, 0.15) is 6.61 Å². The van der Waals surface area contributed by atoms with Crippen molar-refractivity contribution in [1.29, 1.82) is 0 Å². The van der Waals surface area contributed by atoms with Gasteiger partial charge in [0.2, 0.25) is 0 Å². The Morgan fingerprint density at radius 3 is 2.31 bits per heavy atom.